The van der Waals surface area contributed by atoms with E-state index >= 15 is 0 Å². The van der Waals surface area contributed by atoms with E-state index in [4.69, 9.17) is 19.9 Å². The van der Waals surface area contributed by atoms with Crippen LogP contribution in [0.3, 0.4) is 0 Å². The SMILES string of the molecule is C1=Cc2ccc(-c3cc(-c4cnc(-c5ccccc5)nc4)nc(-c4ccccc4)n3)cc2C2(c3ccccc31)c1ccccc1-c1cc3c(cc12)sc1ccccc13. The van der Waals surface area contributed by atoms with Gasteiger partial charge in [-0.2, -0.15) is 0 Å². The van der Waals surface area contributed by atoms with Crippen molar-refractivity contribution < 1.29 is 0 Å². The van der Waals surface area contributed by atoms with Crippen LogP contribution in [0.1, 0.15) is 33.4 Å². The van der Waals surface area contributed by atoms with Gasteiger partial charge in [0.05, 0.1) is 16.8 Å². The summed E-state index contributed by atoms with van der Waals surface area (Å²) >= 11 is 1.88. The van der Waals surface area contributed by atoms with Crippen molar-refractivity contribution in [2.45, 2.75) is 5.41 Å². The molecule has 0 bridgehead atoms. The van der Waals surface area contributed by atoms with E-state index in [1.807, 2.05) is 72.3 Å². The summed E-state index contributed by atoms with van der Waals surface area (Å²) in [5.41, 5.74) is 14.9. The molecule has 0 aliphatic heterocycles. The molecule has 10 aromatic rings. The molecule has 1 atom stereocenters. The topological polar surface area (TPSA) is 51.6 Å². The zero-order valence-corrected chi connectivity index (χ0v) is 32.0. The van der Waals surface area contributed by atoms with Crippen molar-refractivity contribution in [1.82, 2.24) is 19.9 Å². The Labute approximate surface area is 339 Å². The van der Waals surface area contributed by atoms with Crippen LogP contribution in [0.2, 0.25) is 0 Å². The molecule has 1 spiro atoms. The molecule has 58 heavy (non-hydrogen) atoms. The quantitative estimate of drug-likeness (QED) is 0.179. The first-order valence-corrected chi connectivity index (χ1v) is 20.3. The molecule has 4 nitrogen and oxygen atoms in total. The van der Waals surface area contributed by atoms with Gasteiger partial charge < -0.3 is 0 Å². The Kier molecular flexibility index (Phi) is 7.28. The van der Waals surface area contributed by atoms with Gasteiger partial charge >= 0.3 is 0 Å². The van der Waals surface area contributed by atoms with E-state index in [9.17, 15) is 0 Å². The lowest BCUT2D eigenvalue weighted by Crippen LogP contribution is -2.30. The molecule has 270 valence electrons. The van der Waals surface area contributed by atoms with E-state index in [0.29, 0.717) is 11.6 Å². The molecule has 5 heteroatoms. The molecule has 0 radical (unpaired) electrons. The second-order valence-electron chi connectivity index (χ2n) is 15.0. The van der Waals surface area contributed by atoms with Crippen LogP contribution in [-0.4, -0.2) is 19.9 Å². The maximum atomic E-state index is 5.28. The average molecular weight is 757 g/mol. The minimum Gasteiger partial charge on any atom is -0.236 e. The van der Waals surface area contributed by atoms with Crippen molar-refractivity contribution in [1.29, 1.82) is 0 Å². The van der Waals surface area contributed by atoms with E-state index in [0.717, 1.165) is 33.6 Å². The van der Waals surface area contributed by atoms with Crippen molar-refractivity contribution in [2.75, 3.05) is 0 Å². The Bertz CT molecular complexity index is 3280. The molecule has 2 aliphatic carbocycles. The normalized spacial score (nSPS) is 14.9. The Morgan fingerprint density at radius 2 is 1.02 bits per heavy atom. The monoisotopic (exact) mass is 756 g/mol. The molecule has 0 fully saturated rings. The maximum Gasteiger partial charge on any atom is 0.160 e. The van der Waals surface area contributed by atoms with Crippen LogP contribution in [0.4, 0.5) is 0 Å². The highest BCUT2D eigenvalue weighted by Crippen LogP contribution is 2.60. The highest BCUT2D eigenvalue weighted by Gasteiger charge is 2.49. The number of hydrogen-bond donors (Lipinski definition) is 0. The highest BCUT2D eigenvalue weighted by atomic mass is 32.1. The van der Waals surface area contributed by atoms with Crippen molar-refractivity contribution in [3.05, 3.63) is 216 Å². The fourth-order valence-electron chi connectivity index (χ4n) is 9.22. The standard InChI is InChI=1S/C53H32N4S/c1-3-14-35(15-4-1)51-54-31-38(32-55-51)48-30-47(56-52(57-48)36-16-5-2-6-17-36)37-26-25-34-24-23-33-13-7-10-20-43(33)53(45(34)27-37)44-21-11-8-18-39(44)41-28-42-40-19-9-12-22-49(40)58-50(42)29-46(41)53/h1-32H. The summed E-state index contributed by atoms with van der Waals surface area (Å²) in [6, 6.07) is 60.9. The molecule has 0 saturated carbocycles. The van der Waals surface area contributed by atoms with Crippen molar-refractivity contribution in [2.24, 2.45) is 0 Å². The number of rotatable bonds is 4. The Morgan fingerprint density at radius 3 is 1.81 bits per heavy atom. The fraction of sp³-hybridized carbons (Fsp3) is 0.0189. The molecular weight excluding hydrogens is 725 g/mol. The van der Waals surface area contributed by atoms with E-state index in [2.05, 4.69) is 133 Å². The molecule has 1 unspecified atom stereocenters. The third-order valence-corrected chi connectivity index (χ3v) is 13.0. The van der Waals surface area contributed by atoms with Crippen LogP contribution in [0.15, 0.2) is 182 Å². The largest absolute Gasteiger partial charge is 0.236 e. The van der Waals surface area contributed by atoms with Crippen LogP contribution in [0.5, 0.6) is 0 Å². The van der Waals surface area contributed by atoms with Crippen LogP contribution < -0.4 is 0 Å². The van der Waals surface area contributed by atoms with Gasteiger partial charge in [0, 0.05) is 54.8 Å². The summed E-state index contributed by atoms with van der Waals surface area (Å²) in [5, 5.41) is 2.62. The fourth-order valence-corrected chi connectivity index (χ4v) is 10.4. The molecule has 0 saturated heterocycles. The molecule has 12 rings (SSSR count). The van der Waals surface area contributed by atoms with Gasteiger partial charge in [-0.25, -0.2) is 19.9 Å². The molecule has 0 N–H and O–H groups in total. The summed E-state index contributed by atoms with van der Waals surface area (Å²) in [6.07, 6.45) is 8.31. The lowest BCUT2D eigenvalue weighted by atomic mass is 9.65. The summed E-state index contributed by atoms with van der Waals surface area (Å²) in [4.78, 5) is 19.9. The highest BCUT2D eigenvalue weighted by molar-refractivity contribution is 7.25. The Balaban J connectivity index is 1.11. The maximum absolute atomic E-state index is 5.28. The molecule has 3 aromatic heterocycles. The number of thiophene rings is 1. The summed E-state index contributed by atoms with van der Waals surface area (Å²) in [7, 11) is 0. The van der Waals surface area contributed by atoms with E-state index < -0.39 is 5.41 Å². The van der Waals surface area contributed by atoms with Gasteiger partial charge in [0.15, 0.2) is 11.6 Å². The van der Waals surface area contributed by atoms with Gasteiger partial charge in [0.1, 0.15) is 0 Å². The van der Waals surface area contributed by atoms with Crippen molar-refractivity contribution >= 4 is 43.7 Å². The van der Waals surface area contributed by atoms with Crippen LogP contribution >= 0.6 is 11.3 Å². The first-order valence-electron chi connectivity index (χ1n) is 19.5. The third kappa shape index (κ3) is 4.93. The third-order valence-electron chi connectivity index (χ3n) is 11.8. The Hall–Kier alpha value is -7.34. The number of nitrogens with zero attached hydrogens (tertiary/aromatic N) is 4. The summed E-state index contributed by atoms with van der Waals surface area (Å²) in [6.45, 7) is 0. The average Bonchev–Trinajstić information content (AvgIpc) is 3.75. The first kappa shape index (κ1) is 32.9. The van der Waals surface area contributed by atoms with Gasteiger partial charge in [0.2, 0.25) is 0 Å². The second kappa shape index (κ2) is 12.8. The molecular formula is C53H32N4S. The van der Waals surface area contributed by atoms with Gasteiger partial charge in [0.25, 0.3) is 0 Å². The smallest absolute Gasteiger partial charge is 0.160 e. The predicted octanol–water partition coefficient (Wildman–Crippen LogP) is 13.1. The number of fused-ring (bicyclic) bond motifs is 12. The molecule has 0 amide bonds. The van der Waals surface area contributed by atoms with Crippen LogP contribution in [0.25, 0.3) is 88.7 Å². The Morgan fingerprint density at radius 1 is 0.379 bits per heavy atom. The van der Waals surface area contributed by atoms with Gasteiger partial charge in [-0.05, 0) is 74.8 Å². The predicted molar refractivity (Wildman–Crippen MR) is 238 cm³/mol. The summed E-state index contributed by atoms with van der Waals surface area (Å²) < 4.78 is 2.61. The van der Waals surface area contributed by atoms with E-state index in [1.54, 1.807) is 0 Å². The van der Waals surface area contributed by atoms with Gasteiger partial charge in [-0.15, -0.1) is 11.3 Å². The number of benzene rings is 7. The lowest BCUT2D eigenvalue weighted by molar-refractivity contribution is 0.768. The van der Waals surface area contributed by atoms with Gasteiger partial charge in [-0.1, -0.05) is 152 Å². The van der Waals surface area contributed by atoms with Crippen molar-refractivity contribution in [3.8, 4) is 56.4 Å². The minimum atomic E-state index is -0.582. The lowest BCUT2D eigenvalue weighted by Gasteiger charge is -2.35. The summed E-state index contributed by atoms with van der Waals surface area (Å²) in [5.74, 6) is 1.33. The van der Waals surface area contributed by atoms with Gasteiger partial charge in [-0.3, -0.25) is 0 Å². The van der Waals surface area contributed by atoms with Crippen LogP contribution in [0, 0.1) is 0 Å². The molecule has 7 aromatic carbocycles. The van der Waals surface area contributed by atoms with Crippen LogP contribution in [-0.2, 0) is 5.41 Å². The number of aromatic nitrogens is 4. The van der Waals surface area contributed by atoms with E-state index in [-0.39, 0.29) is 0 Å². The van der Waals surface area contributed by atoms with Crippen molar-refractivity contribution in [3.63, 3.8) is 0 Å². The zero-order valence-electron chi connectivity index (χ0n) is 31.2. The first-order chi connectivity index (χ1) is 28.7. The number of hydrogen-bond acceptors (Lipinski definition) is 5. The molecule has 2 aliphatic rings. The van der Waals surface area contributed by atoms with E-state index in [1.165, 1.54) is 64.7 Å². The zero-order chi connectivity index (χ0) is 38.2. The molecule has 3 heterocycles. The minimum absolute atomic E-state index is 0.582. The second-order valence-corrected chi connectivity index (χ2v) is 16.1.